The summed E-state index contributed by atoms with van der Waals surface area (Å²) in [7, 11) is 0. The minimum Gasteiger partial charge on any atom is -0.348 e. The third-order valence-corrected chi connectivity index (χ3v) is 9.20. The van der Waals surface area contributed by atoms with Crippen LogP contribution in [0.3, 0.4) is 0 Å². The van der Waals surface area contributed by atoms with Crippen LogP contribution in [0.4, 0.5) is 21.0 Å². The molecular formula is C34H38N4O4. The van der Waals surface area contributed by atoms with Crippen LogP contribution in [0.25, 0.3) is 0 Å². The summed E-state index contributed by atoms with van der Waals surface area (Å²) >= 11 is 0. The Morgan fingerprint density at radius 3 is 1.19 bits per heavy atom. The highest BCUT2D eigenvalue weighted by atomic mass is 16.7. The van der Waals surface area contributed by atoms with Gasteiger partial charge in [0, 0.05) is 23.5 Å². The van der Waals surface area contributed by atoms with Crippen molar-refractivity contribution in [1.82, 2.24) is 10.1 Å². The predicted molar refractivity (Wildman–Crippen MR) is 160 cm³/mol. The molecule has 2 atom stereocenters. The molecule has 0 N–H and O–H groups in total. The summed E-state index contributed by atoms with van der Waals surface area (Å²) in [6.45, 7) is 0. The highest BCUT2D eigenvalue weighted by Gasteiger charge is 2.48. The average molecular weight is 567 g/mol. The number of amides is 2. The van der Waals surface area contributed by atoms with Crippen LogP contribution in [0, 0.1) is 0 Å². The molecule has 3 aromatic carbocycles. The first kappa shape index (κ1) is 27.0. The van der Waals surface area contributed by atoms with Crippen molar-refractivity contribution in [1.29, 1.82) is 0 Å². The second-order valence-electron chi connectivity index (χ2n) is 11.8. The van der Waals surface area contributed by atoms with Crippen LogP contribution in [0.5, 0.6) is 0 Å². The van der Waals surface area contributed by atoms with Crippen molar-refractivity contribution < 1.29 is 19.3 Å². The molecule has 2 amide bonds. The molecule has 0 bridgehead atoms. The van der Waals surface area contributed by atoms with Gasteiger partial charge < -0.3 is 9.68 Å². The van der Waals surface area contributed by atoms with Crippen molar-refractivity contribution in [3.63, 3.8) is 0 Å². The van der Waals surface area contributed by atoms with E-state index in [4.69, 9.17) is 9.68 Å². The van der Waals surface area contributed by atoms with E-state index in [1.54, 1.807) is 9.80 Å². The summed E-state index contributed by atoms with van der Waals surface area (Å²) in [5.41, 5.74) is 3.56. The summed E-state index contributed by atoms with van der Waals surface area (Å²) in [5, 5.41) is 3.85. The van der Waals surface area contributed by atoms with Gasteiger partial charge >= 0.3 is 12.2 Å². The van der Waals surface area contributed by atoms with Crippen molar-refractivity contribution in [3.8, 4) is 0 Å². The first-order chi connectivity index (χ1) is 20.7. The second kappa shape index (κ2) is 11.8. The molecule has 3 aromatic rings. The van der Waals surface area contributed by atoms with Crippen LogP contribution in [-0.2, 0) is 9.68 Å². The Morgan fingerprint density at radius 1 is 0.476 bits per heavy atom. The maximum absolute atomic E-state index is 13.3. The van der Waals surface area contributed by atoms with Crippen LogP contribution in [-0.4, -0.2) is 34.4 Å². The quantitative estimate of drug-likeness (QED) is 0.300. The molecule has 218 valence electrons. The van der Waals surface area contributed by atoms with Crippen LogP contribution in [0.2, 0.25) is 0 Å². The number of para-hydroxylation sites is 2. The number of carbonyl (C=O) groups is 2. The number of rotatable bonds is 6. The largest absolute Gasteiger partial charge is 0.435 e. The van der Waals surface area contributed by atoms with Gasteiger partial charge in [-0.2, -0.15) is 0 Å². The van der Waals surface area contributed by atoms with Gasteiger partial charge in [0.05, 0.1) is 0 Å². The molecule has 0 spiro atoms. The first-order valence-electron chi connectivity index (χ1n) is 15.5. The van der Waals surface area contributed by atoms with E-state index in [0.29, 0.717) is 0 Å². The smallest absolute Gasteiger partial charge is 0.348 e. The zero-order chi connectivity index (χ0) is 28.5. The minimum atomic E-state index is -0.377. The van der Waals surface area contributed by atoms with E-state index in [1.165, 1.54) is 12.8 Å². The zero-order valence-corrected chi connectivity index (χ0v) is 23.9. The fourth-order valence-electron chi connectivity index (χ4n) is 7.12. The minimum absolute atomic E-state index is 0.178. The molecule has 2 heterocycles. The van der Waals surface area contributed by atoms with Gasteiger partial charge in [0.25, 0.3) is 0 Å². The first-order valence-corrected chi connectivity index (χ1v) is 15.5. The highest BCUT2D eigenvalue weighted by Crippen LogP contribution is 2.43. The maximum atomic E-state index is 13.3. The van der Waals surface area contributed by atoms with Crippen molar-refractivity contribution >= 4 is 23.6 Å². The molecule has 42 heavy (non-hydrogen) atoms. The number of carbonyl (C=O) groups excluding carboxylic acids is 2. The van der Waals surface area contributed by atoms with Gasteiger partial charge in [-0.15, -0.1) is 10.1 Å². The molecule has 4 aliphatic rings. The Labute approximate surface area is 247 Å². The third kappa shape index (κ3) is 5.03. The molecule has 2 aliphatic heterocycles. The lowest BCUT2D eigenvalue weighted by Crippen LogP contribution is -2.39. The van der Waals surface area contributed by atoms with Gasteiger partial charge in [0.15, 0.2) is 12.3 Å². The average Bonchev–Trinajstić information content (AvgIpc) is 3.59. The van der Waals surface area contributed by atoms with Gasteiger partial charge in [0.1, 0.15) is 0 Å². The van der Waals surface area contributed by atoms with Crippen molar-refractivity contribution in [2.45, 2.75) is 88.6 Å². The summed E-state index contributed by atoms with van der Waals surface area (Å²) in [4.78, 5) is 42.2. The van der Waals surface area contributed by atoms with Gasteiger partial charge in [0.2, 0.25) is 0 Å². The Morgan fingerprint density at radius 2 is 0.833 bits per heavy atom. The molecule has 0 radical (unpaired) electrons. The fraction of sp³-hybridized carbons (Fsp3) is 0.412. The topological polar surface area (TPSA) is 65.6 Å². The molecule has 0 aromatic heterocycles. The van der Waals surface area contributed by atoms with E-state index in [-0.39, 0.29) is 36.6 Å². The van der Waals surface area contributed by atoms with Crippen LogP contribution in [0.15, 0.2) is 84.9 Å². The monoisotopic (exact) mass is 566 g/mol. The van der Waals surface area contributed by atoms with Gasteiger partial charge in [-0.05, 0) is 61.1 Å². The SMILES string of the molecule is O=C1ON(C2CCCCC2)C(c2ccc(C3N(c4ccccc4)C(=O)ON3C3CCCCC3)cc2)N1c1ccccc1. The van der Waals surface area contributed by atoms with E-state index in [2.05, 4.69) is 24.3 Å². The predicted octanol–water partition coefficient (Wildman–Crippen LogP) is 8.10. The molecule has 4 fully saturated rings. The number of hydroxylamine groups is 4. The second-order valence-corrected chi connectivity index (χ2v) is 11.8. The normalized spacial score (nSPS) is 24.7. The number of hydrogen-bond donors (Lipinski definition) is 0. The fourth-order valence-corrected chi connectivity index (χ4v) is 7.12. The Kier molecular flexibility index (Phi) is 7.57. The van der Waals surface area contributed by atoms with Crippen LogP contribution in [0.1, 0.15) is 87.7 Å². The van der Waals surface area contributed by atoms with Gasteiger partial charge in [-0.1, -0.05) is 99.2 Å². The molecule has 2 aliphatic carbocycles. The zero-order valence-electron chi connectivity index (χ0n) is 23.9. The highest BCUT2D eigenvalue weighted by molar-refractivity contribution is 5.90. The molecule has 8 heteroatoms. The third-order valence-electron chi connectivity index (χ3n) is 9.20. The van der Waals surface area contributed by atoms with E-state index >= 15 is 0 Å². The van der Waals surface area contributed by atoms with E-state index < -0.39 is 0 Å². The molecule has 2 unspecified atom stereocenters. The van der Waals surface area contributed by atoms with Crippen molar-refractivity contribution in [3.05, 3.63) is 96.1 Å². The summed E-state index contributed by atoms with van der Waals surface area (Å²) in [6.07, 6.45) is 9.56. The number of hydrogen-bond acceptors (Lipinski definition) is 6. The van der Waals surface area contributed by atoms with E-state index in [1.807, 2.05) is 70.8 Å². The molecule has 7 rings (SSSR count). The molecule has 2 saturated carbocycles. The van der Waals surface area contributed by atoms with Gasteiger partial charge in [-0.3, -0.25) is 9.80 Å². The summed E-state index contributed by atoms with van der Waals surface area (Å²) in [6, 6.07) is 28.2. The van der Waals surface area contributed by atoms with E-state index in [9.17, 15) is 9.59 Å². The Bertz CT molecular complexity index is 1270. The van der Waals surface area contributed by atoms with Crippen LogP contribution < -0.4 is 9.80 Å². The van der Waals surface area contributed by atoms with Crippen molar-refractivity contribution in [2.24, 2.45) is 0 Å². The number of benzene rings is 3. The molecule has 8 nitrogen and oxygen atoms in total. The summed E-state index contributed by atoms with van der Waals surface area (Å²) < 4.78 is 0. The lowest BCUT2D eigenvalue weighted by Gasteiger charge is -2.35. The molecule has 2 saturated heterocycles. The van der Waals surface area contributed by atoms with Crippen molar-refractivity contribution in [2.75, 3.05) is 9.80 Å². The summed E-state index contributed by atoms with van der Waals surface area (Å²) in [5.74, 6) is 0. The lowest BCUT2D eigenvalue weighted by atomic mass is 9.93. The lowest BCUT2D eigenvalue weighted by molar-refractivity contribution is -0.134. The Balaban J connectivity index is 1.25. The molecular weight excluding hydrogens is 528 g/mol. The van der Waals surface area contributed by atoms with Gasteiger partial charge in [-0.25, -0.2) is 9.59 Å². The number of nitrogens with zero attached hydrogens (tertiary/aromatic N) is 4. The number of anilines is 2. The maximum Gasteiger partial charge on any atom is 0.435 e. The Hall–Kier alpha value is -3.88. The standard InChI is InChI=1S/C34H38N4O4/c39-33-35(27-13-5-1-6-14-27)31(37(41-33)29-17-9-3-10-18-29)25-21-23-26(24-22-25)32-36(28-15-7-2-8-16-28)34(40)42-38(32)30-19-11-4-12-20-30/h1-2,5-8,13-16,21-24,29-32H,3-4,9-12,17-20H2. The van der Waals surface area contributed by atoms with Crippen LogP contribution >= 0.6 is 0 Å². The van der Waals surface area contributed by atoms with E-state index in [0.717, 1.165) is 73.9 Å².